The number of fused-ring (bicyclic) bond motifs is 2. The van der Waals surface area contributed by atoms with Crippen LogP contribution in [-0.2, 0) is 19.4 Å². The maximum atomic E-state index is 13.2. The topological polar surface area (TPSA) is 37.3 Å². The maximum absolute atomic E-state index is 13.2. The lowest BCUT2D eigenvalue weighted by Crippen LogP contribution is -2.44. The predicted octanol–water partition coefficient (Wildman–Crippen LogP) is 5.06. The Morgan fingerprint density at radius 2 is 2.00 bits per heavy atom. The number of anilines is 1. The summed E-state index contributed by atoms with van der Waals surface area (Å²) >= 11 is 0. The highest BCUT2D eigenvalue weighted by Gasteiger charge is 2.31. The number of hydrogen-bond donors (Lipinski definition) is 1. The molecule has 4 rings (SSSR count). The van der Waals surface area contributed by atoms with Crippen LogP contribution in [-0.4, -0.2) is 22.0 Å². The normalized spacial score (nSPS) is 19.0. The smallest absolute Gasteiger partial charge is 0.322 e. The minimum absolute atomic E-state index is 0.0486. The van der Waals surface area contributed by atoms with Crippen LogP contribution in [0.25, 0.3) is 0 Å². The molecule has 1 aliphatic heterocycles. The molecule has 2 aliphatic rings. The summed E-state index contributed by atoms with van der Waals surface area (Å²) in [5.41, 5.74) is 6.33. The van der Waals surface area contributed by atoms with Crippen LogP contribution in [0.1, 0.15) is 61.2 Å². The molecule has 1 N–H and O–H groups in total. The average molecular weight is 351 g/mol. The van der Waals surface area contributed by atoms with Gasteiger partial charge in [0, 0.05) is 30.2 Å². The Bertz CT molecular complexity index is 808. The highest BCUT2D eigenvalue weighted by atomic mass is 16.2. The first-order valence-electron chi connectivity index (χ1n) is 10.0. The minimum Gasteiger partial charge on any atom is -0.345 e. The zero-order valence-electron chi connectivity index (χ0n) is 15.9. The Hall–Kier alpha value is -2.23. The van der Waals surface area contributed by atoms with Crippen LogP contribution in [0.4, 0.5) is 10.5 Å². The number of carbonyl (C=O) groups is 1. The van der Waals surface area contributed by atoms with Gasteiger partial charge >= 0.3 is 6.03 Å². The van der Waals surface area contributed by atoms with Crippen molar-refractivity contribution in [2.75, 3.05) is 11.9 Å². The van der Waals surface area contributed by atoms with E-state index in [0.717, 1.165) is 44.5 Å². The molecule has 0 spiro atoms. The lowest BCUT2D eigenvalue weighted by Gasteiger charge is -2.37. The lowest BCUT2D eigenvalue weighted by atomic mass is 9.90. The highest BCUT2D eigenvalue weighted by molar-refractivity contribution is 5.90. The van der Waals surface area contributed by atoms with Crippen molar-refractivity contribution >= 4 is 11.7 Å². The second-order valence-corrected chi connectivity index (χ2v) is 7.63. The van der Waals surface area contributed by atoms with Crippen LogP contribution < -0.4 is 5.32 Å². The Morgan fingerprint density at radius 1 is 1.15 bits per heavy atom. The Morgan fingerprint density at radius 3 is 2.85 bits per heavy atom. The number of carbonyl (C=O) groups excluding carboxylic acids is 1. The molecule has 2 heterocycles. The zero-order chi connectivity index (χ0) is 18.1. The van der Waals surface area contributed by atoms with Crippen molar-refractivity contribution < 1.29 is 4.79 Å². The summed E-state index contributed by atoms with van der Waals surface area (Å²) < 4.78 is 2.37. The molecule has 4 nitrogen and oxygen atoms in total. The number of hydrogen-bond acceptors (Lipinski definition) is 1. The summed E-state index contributed by atoms with van der Waals surface area (Å²) in [5, 5.41) is 3.24. The van der Waals surface area contributed by atoms with E-state index in [1.54, 1.807) is 0 Å². The number of amides is 2. The largest absolute Gasteiger partial charge is 0.345 e. The van der Waals surface area contributed by atoms with E-state index < -0.39 is 0 Å². The first-order valence-corrected chi connectivity index (χ1v) is 10.0. The van der Waals surface area contributed by atoms with E-state index >= 15 is 0 Å². The number of aromatic nitrogens is 1. The molecule has 0 fully saturated rings. The second kappa shape index (κ2) is 7.18. The van der Waals surface area contributed by atoms with Gasteiger partial charge in [-0.2, -0.15) is 0 Å². The molecule has 2 aromatic rings. The molecule has 26 heavy (non-hydrogen) atoms. The SMILES string of the molecule is CCCC1c2ccc(C)n2CCN1C(=O)Nc1cccc2c1CCCC2. The van der Waals surface area contributed by atoms with Crippen molar-refractivity contribution in [1.29, 1.82) is 0 Å². The van der Waals surface area contributed by atoms with E-state index in [1.807, 2.05) is 4.90 Å². The van der Waals surface area contributed by atoms with Gasteiger partial charge in [0.25, 0.3) is 0 Å². The molecule has 138 valence electrons. The van der Waals surface area contributed by atoms with Gasteiger partial charge in [0.2, 0.25) is 0 Å². The van der Waals surface area contributed by atoms with Crippen molar-refractivity contribution in [1.82, 2.24) is 9.47 Å². The Kier molecular flexibility index (Phi) is 4.75. The molecule has 1 atom stereocenters. The van der Waals surface area contributed by atoms with Gasteiger partial charge in [0.1, 0.15) is 0 Å². The van der Waals surface area contributed by atoms with E-state index in [4.69, 9.17) is 0 Å². The molecule has 1 aliphatic carbocycles. The molecule has 2 amide bonds. The molecule has 4 heteroatoms. The third-order valence-corrected chi connectivity index (χ3v) is 5.98. The van der Waals surface area contributed by atoms with Gasteiger partial charge in [-0.1, -0.05) is 25.5 Å². The quantitative estimate of drug-likeness (QED) is 0.824. The first-order chi connectivity index (χ1) is 12.7. The number of urea groups is 1. The number of nitrogens with zero attached hydrogens (tertiary/aromatic N) is 2. The van der Waals surface area contributed by atoms with Crippen LogP contribution in [0.3, 0.4) is 0 Å². The van der Waals surface area contributed by atoms with Crippen molar-refractivity contribution in [3.63, 3.8) is 0 Å². The van der Waals surface area contributed by atoms with Gasteiger partial charge in [-0.3, -0.25) is 0 Å². The molecule has 1 aromatic carbocycles. The van der Waals surface area contributed by atoms with Crippen LogP contribution >= 0.6 is 0 Å². The average Bonchev–Trinajstić information content (AvgIpc) is 3.04. The zero-order valence-corrected chi connectivity index (χ0v) is 15.9. The van der Waals surface area contributed by atoms with Gasteiger partial charge in [-0.25, -0.2) is 4.79 Å². The number of rotatable bonds is 3. The molecule has 1 aromatic heterocycles. The summed E-state index contributed by atoms with van der Waals surface area (Å²) in [6.07, 6.45) is 6.75. The molecule has 0 bridgehead atoms. The van der Waals surface area contributed by atoms with E-state index in [-0.39, 0.29) is 12.1 Å². The summed E-state index contributed by atoms with van der Waals surface area (Å²) in [6, 6.07) is 10.9. The molecule has 0 saturated heterocycles. The van der Waals surface area contributed by atoms with Crippen LogP contribution in [0.5, 0.6) is 0 Å². The van der Waals surface area contributed by atoms with Crippen molar-refractivity contribution in [3.8, 4) is 0 Å². The van der Waals surface area contributed by atoms with Gasteiger partial charge in [-0.15, -0.1) is 0 Å². The third-order valence-electron chi connectivity index (χ3n) is 5.98. The van der Waals surface area contributed by atoms with Crippen LogP contribution in [0, 0.1) is 6.92 Å². The highest BCUT2D eigenvalue weighted by Crippen LogP contribution is 2.33. The molecular weight excluding hydrogens is 322 g/mol. The number of benzene rings is 1. The molecule has 0 saturated carbocycles. The monoisotopic (exact) mass is 351 g/mol. The lowest BCUT2D eigenvalue weighted by molar-refractivity contribution is 0.162. The summed E-state index contributed by atoms with van der Waals surface area (Å²) in [7, 11) is 0. The predicted molar refractivity (Wildman–Crippen MR) is 106 cm³/mol. The fraction of sp³-hybridized carbons (Fsp3) is 0.500. The van der Waals surface area contributed by atoms with Crippen molar-refractivity contribution in [2.45, 2.75) is 65.0 Å². The van der Waals surface area contributed by atoms with Crippen molar-refractivity contribution in [3.05, 3.63) is 52.8 Å². The summed E-state index contributed by atoms with van der Waals surface area (Å²) in [6.45, 7) is 6.00. The maximum Gasteiger partial charge on any atom is 0.322 e. The van der Waals surface area contributed by atoms with Gasteiger partial charge in [0.15, 0.2) is 0 Å². The van der Waals surface area contributed by atoms with Gasteiger partial charge in [0.05, 0.1) is 6.04 Å². The molecule has 0 radical (unpaired) electrons. The van der Waals surface area contributed by atoms with Gasteiger partial charge < -0.3 is 14.8 Å². The molecular formula is C22H29N3O. The van der Waals surface area contributed by atoms with Crippen molar-refractivity contribution in [2.24, 2.45) is 0 Å². The fourth-order valence-corrected chi connectivity index (χ4v) is 4.61. The number of aryl methyl sites for hydroxylation is 2. The Balaban J connectivity index is 1.58. The Labute approximate surface area is 156 Å². The summed E-state index contributed by atoms with van der Waals surface area (Å²) in [5.74, 6) is 0. The van der Waals surface area contributed by atoms with Gasteiger partial charge in [-0.05, 0) is 68.4 Å². The van der Waals surface area contributed by atoms with Crippen LogP contribution in [0.2, 0.25) is 0 Å². The minimum atomic E-state index is 0.0486. The van der Waals surface area contributed by atoms with Crippen LogP contribution in [0.15, 0.2) is 30.3 Å². The third kappa shape index (κ3) is 3.02. The fourth-order valence-electron chi connectivity index (χ4n) is 4.61. The first kappa shape index (κ1) is 17.2. The van der Waals surface area contributed by atoms with E-state index in [2.05, 4.69) is 54.1 Å². The van der Waals surface area contributed by atoms with E-state index in [9.17, 15) is 4.79 Å². The number of nitrogens with one attached hydrogen (secondary N) is 1. The second-order valence-electron chi connectivity index (χ2n) is 7.63. The molecule has 1 unspecified atom stereocenters. The van der Waals surface area contributed by atoms with E-state index in [1.165, 1.54) is 35.4 Å². The summed E-state index contributed by atoms with van der Waals surface area (Å²) in [4.78, 5) is 15.2. The standard InChI is InChI=1S/C22H29N3O/c1-3-7-20-21-13-12-16(2)24(21)14-15-25(20)22(26)23-19-11-6-9-17-8-4-5-10-18(17)19/h6,9,11-13,20H,3-5,7-8,10,14-15H2,1-2H3,(H,23,26). The van der Waals surface area contributed by atoms with E-state index in [0.29, 0.717) is 0 Å².